The predicted molar refractivity (Wildman–Crippen MR) is 66.2 cm³/mol. The Morgan fingerprint density at radius 1 is 1.40 bits per heavy atom. The number of nitrogens with two attached hydrogens (primary N) is 1. The van der Waals surface area contributed by atoms with Crippen molar-refractivity contribution in [3.05, 3.63) is 11.9 Å². The van der Waals surface area contributed by atoms with Crippen LogP contribution in [0.15, 0.2) is 11.1 Å². The van der Waals surface area contributed by atoms with Crippen molar-refractivity contribution in [2.75, 3.05) is 11.5 Å². The van der Waals surface area contributed by atoms with Crippen molar-refractivity contribution in [1.29, 1.82) is 0 Å². The third kappa shape index (κ3) is 4.08. The summed E-state index contributed by atoms with van der Waals surface area (Å²) in [4.78, 5) is 8.69. The molecule has 1 rings (SSSR count). The summed E-state index contributed by atoms with van der Waals surface area (Å²) in [5.74, 6) is 2.85. The number of anilines is 1. The van der Waals surface area contributed by atoms with E-state index in [4.69, 9.17) is 5.73 Å². The molecule has 3 nitrogen and oxygen atoms in total. The zero-order valence-electron chi connectivity index (χ0n) is 9.66. The van der Waals surface area contributed by atoms with Crippen LogP contribution in [0.5, 0.6) is 0 Å². The highest BCUT2D eigenvalue weighted by Crippen LogP contribution is 2.21. The van der Waals surface area contributed by atoms with E-state index in [0.717, 1.165) is 16.6 Å². The van der Waals surface area contributed by atoms with E-state index in [1.807, 2.05) is 6.07 Å². The Morgan fingerprint density at radius 2 is 2.13 bits per heavy atom. The van der Waals surface area contributed by atoms with Gasteiger partial charge in [-0.3, -0.25) is 0 Å². The second-order valence-corrected chi connectivity index (χ2v) is 4.96. The maximum atomic E-state index is 5.74. The highest BCUT2D eigenvalue weighted by atomic mass is 32.2. The fourth-order valence-electron chi connectivity index (χ4n) is 1.11. The Balaban J connectivity index is 2.71. The lowest BCUT2D eigenvalue weighted by molar-refractivity contribution is 0.756. The summed E-state index contributed by atoms with van der Waals surface area (Å²) < 4.78 is 0. The normalized spacial score (nSPS) is 10.9. The number of rotatable bonds is 5. The number of hydrogen-bond donors (Lipinski definition) is 1. The van der Waals surface area contributed by atoms with Gasteiger partial charge in [0.1, 0.15) is 16.7 Å². The van der Waals surface area contributed by atoms with Crippen molar-refractivity contribution < 1.29 is 0 Å². The summed E-state index contributed by atoms with van der Waals surface area (Å²) in [5, 5.41) is 1.000. The highest BCUT2D eigenvalue weighted by Gasteiger charge is 2.06. The highest BCUT2D eigenvalue weighted by molar-refractivity contribution is 7.99. The minimum absolute atomic E-state index is 0.332. The number of nitrogens with zero attached hydrogens (tertiary/aromatic N) is 2. The van der Waals surface area contributed by atoms with Gasteiger partial charge in [0.25, 0.3) is 0 Å². The molecule has 2 N–H and O–H groups in total. The maximum absolute atomic E-state index is 5.74. The van der Waals surface area contributed by atoms with Crippen molar-refractivity contribution in [1.82, 2.24) is 9.97 Å². The van der Waals surface area contributed by atoms with Gasteiger partial charge in [-0.25, -0.2) is 9.97 Å². The number of nitrogen functional groups attached to an aromatic ring is 1. The lowest BCUT2D eigenvalue weighted by Crippen LogP contribution is -2.02. The monoisotopic (exact) mass is 225 g/mol. The van der Waals surface area contributed by atoms with Gasteiger partial charge in [-0.05, 0) is 12.2 Å². The summed E-state index contributed by atoms with van der Waals surface area (Å²) in [7, 11) is 0. The molecule has 0 amide bonds. The van der Waals surface area contributed by atoms with E-state index >= 15 is 0 Å². The summed E-state index contributed by atoms with van der Waals surface area (Å²) in [6.07, 6.45) is 2.43. The fourth-order valence-corrected chi connectivity index (χ4v) is 2.12. The zero-order chi connectivity index (χ0) is 11.3. The fraction of sp³-hybridized carbons (Fsp3) is 0.636. The lowest BCUT2D eigenvalue weighted by Gasteiger charge is -2.07. The van der Waals surface area contributed by atoms with Crippen molar-refractivity contribution in [2.45, 2.75) is 44.6 Å². The Bertz CT molecular complexity index is 313. The molecule has 0 aromatic carbocycles. The summed E-state index contributed by atoms with van der Waals surface area (Å²) >= 11 is 1.76. The van der Waals surface area contributed by atoms with Gasteiger partial charge in [0.2, 0.25) is 0 Å². The molecule has 0 fully saturated rings. The van der Waals surface area contributed by atoms with Gasteiger partial charge in [0.05, 0.1) is 0 Å². The number of unbranched alkanes of at least 4 members (excludes halogenated alkanes) is 1. The maximum Gasteiger partial charge on any atom is 0.134 e. The van der Waals surface area contributed by atoms with E-state index in [-0.39, 0.29) is 0 Å². The molecular weight excluding hydrogens is 206 g/mol. The Hall–Kier alpha value is -0.770. The van der Waals surface area contributed by atoms with Crippen molar-refractivity contribution in [2.24, 2.45) is 0 Å². The molecule has 15 heavy (non-hydrogen) atoms. The van der Waals surface area contributed by atoms with Gasteiger partial charge in [0.15, 0.2) is 0 Å². The predicted octanol–water partition coefficient (Wildman–Crippen LogP) is 3.07. The standard InChI is InChI=1S/C11H19N3S/c1-4-5-6-15-10-7-9(12)13-11(14-10)8(2)3/h7-8H,4-6H2,1-3H3,(H2,12,13,14). The molecular formula is C11H19N3S. The third-order valence-electron chi connectivity index (χ3n) is 2.00. The van der Waals surface area contributed by atoms with E-state index in [1.54, 1.807) is 11.8 Å². The first-order chi connectivity index (χ1) is 7.13. The minimum atomic E-state index is 0.332. The van der Waals surface area contributed by atoms with E-state index in [1.165, 1.54) is 12.8 Å². The lowest BCUT2D eigenvalue weighted by atomic mass is 10.2. The third-order valence-corrected chi connectivity index (χ3v) is 3.00. The first-order valence-corrected chi connectivity index (χ1v) is 6.39. The molecule has 0 atom stereocenters. The molecule has 1 aromatic heterocycles. The van der Waals surface area contributed by atoms with E-state index < -0.39 is 0 Å². The van der Waals surface area contributed by atoms with Gasteiger partial charge in [-0.2, -0.15) is 0 Å². The van der Waals surface area contributed by atoms with E-state index in [0.29, 0.717) is 11.7 Å². The van der Waals surface area contributed by atoms with Crippen LogP contribution in [0.3, 0.4) is 0 Å². The number of thioether (sulfide) groups is 1. The van der Waals surface area contributed by atoms with Crippen molar-refractivity contribution in [3.8, 4) is 0 Å². The summed E-state index contributed by atoms with van der Waals surface area (Å²) in [6, 6.07) is 1.85. The van der Waals surface area contributed by atoms with Crippen LogP contribution in [-0.2, 0) is 0 Å². The molecule has 0 saturated heterocycles. The molecule has 0 saturated carbocycles. The van der Waals surface area contributed by atoms with Crippen LogP contribution in [0.4, 0.5) is 5.82 Å². The summed E-state index contributed by atoms with van der Waals surface area (Å²) in [6.45, 7) is 6.35. The second kappa shape index (κ2) is 5.95. The van der Waals surface area contributed by atoms with Crippen LogP contribution < -0.4 is 5.73 Å². The Kier molecular flexibility index (Phi) is 4.88. The summed E-state index contributed by atoms with van der Waals surface area (Å²) in [5.41, 5.74) is 5.74. The molecule has 0 aliphatic carbocycles. The molecule has 0 unspecified atom stereocenters. The van der Waals surface area contributed by atoms with E-state index in [2.05, 4.69) is 30.7 Å². The largest absolute Gasteiger partial charge is 0.384 e. The van der Waals surface area contributed by atoms with Gasteiger partial charge in [0, 0.05) is 12.0 Å². The SMILES string of the molecule is CCCCSc1cc(N)nc(C(C)C)n1. The topological polar surface area (TPSA) is 51.8 Å². The molecule has 1 aromatic rings. The Morgan fingerprint density at radius 3 is 2.73 bits per heavy atom. The average Bonchev–Trinajstić information content (AvgIpc) is 2.17. The molecule has 0 aliphatic rings. The average molecular weight is 225 g/mol. The molecule has 84 valence electrons. The first kappa shape index (κ1) is 12.3. The molecule has 0 aliphatic heterocycles. The van der Waals surface area contributed by atoms with Gasteiger partial charge >= 0.3 is 0 Å². The quantitative estimate of drug-likeness (QED) is 0.475. The smallest absolute Gasteiger partial charge is 0.134 e. The molecule has 1 heterocycles. The van der Waals surface area contributed by atoms with Crippen LogP contribution in [0.1, 0.15) is 45.4 Å². The van der Waals surface area contributed by atoms with Crippen LogP contribution in [0, 0.1) is 0 Å². The molecule has 0 bridgehead atoms. The van der Waals surface area contributed by atoms with Crippen LogP contribution >= 0.6 is 11.8 Å². The van der Waals surface area contributed by atoms with Gasteiger partial charge in [-0.1, -0.05) is 27.2 Å². The first-order valence-electron chi connectivity index (χ1n) is 5.40. The van der Waals surface area contributed by atoms with Crippen molar-refractivity contribution >= 4 is 17.6 Å². The minimum Gasteiger partial charge on any atom is -0.384 e. The number of aromatic nitrogens is 2. The zero-order valence-corrected chi connectivity index (χ0v) is 10.5. The Labute approximate surface area is 95.9 Å². The van der Waals surface area contributed by atoms with Gasteiger partial charge < -0.3 is 5.73 Å². The molecule has 0 radical (unpaired) electrons. The van der Waals surface area contributed by atoms with Gasteiger partial charge in [-0.15, -0.1) is 11.8 Å². The molecule has 4 heteroatoms. The molecule has 0 spiro atoms. The van der Waals surface area contributed by atoms with Crippen molar-refractivity contribution in [3.63, 3.8) is 0 Å². The number of hydrogen-bond acceptors (Lipinski definition) is 4. The second-order valence-electron chi connectivity index (χ2n) is 3.85. The van der Waals surface area contributed by atoms with Crippen LogP contribution in [-0.4, -0.2) is 15.7 Å². The van der Waals surface area contributed by atoms with Crippen LogP contribution in [0.25, 0.3) is 0 Å². The van der Waals surface area contributed by atoms with Crippen LogP contribution in [0.2, 0.25) is 0 Å². The van der Waals surface area contributed by atoms with E-state index in [9.17, 15) is 0 Å².